The number of halogens is 2. The first-order valence-corrected chi connectivity index (χ1v) is 4.72. The summed E-state index contributed by atoms with van der Waals surface area (Å²) in [5, 5.41) is 9.82. The van der Waals surface area contributed by atoms with Gasteiger partial charge in [0, 0.05) is 6.42 Å². The van der Waals surface area contributed by atoms with Crippen molar-refractivity contribution in [3.63, 3.8) is 0 Å². The molecule has 0 saturated heterocycles. The number of hydrogen-bond donors (Lipinski definition) is 1. The van der Waals surface area contributed by atoms with Gasteiger partial charge in [-0.2, -0.15) is 0 Å². The molecule has 0 amide bonds. The summed E-state index contributed by atoms with van der Waals surface area (Å²) in [5.74, 6) is 0.619. The average Bonchev–Trinajstić information content (AvgIpc) is 2.55. The third-order valence-corrected chi connectivity index (χ3v) is 2.85. The number of aliphatic hydroxyl groups excluding tert-OH is 1. The van der Waals surface area contributed by atoms with Gasteiger partial charge in [-0.3, -0.25) is 0 Å². The van der Waals surface area contributed by atoms with Gasteiger partial charge < -0.3 is 9.84 Å². The van der Waals surface area contributed by atoms with Gasteiger partial charge in [0.2, 0.25) is 0 Å². The molecule has 2 nitrogen and oxygen atoms in total. The van der Waals surface area contributed by atoms with E-state index in [1.165, 1.54) is 0 Å². The lowest BCUT2D eigenvalue weighted by molar-refractivity contribution is 0.134. The molecular formula is C9H8Cl2O2. The van der Waals surface area contributed by atoms with E-state index in [1.807, 2.05) is 6.07 Å². The lowest BCUT2D eigenvalue weighted by Gasteiger charge is -2.07. The first kappa shape index (κ1) is 9.13. The van der Waals surface area contributed by atoms with E-state index >= 15 is 0 Å². The maximum atomic E-state index is 8.90. The first-order chi connectivity index (χ1) is 6.22. The standard InChI is InChI=1S/C9H8Cl2O2/c10-7-2-1-5-3-6(4-12)13-9(5)8(7)11/h1-2,6,12H,3-4H2/t6-/m0/s1. The molecule has 0 unspecified atom stereocenters. The molecule has 1 aliphatic heterocycles. The molecule has 70 valence electrons. The maximum absolute atomic E-state index is 8.90. The van der Waals surface area contributed by atoms with Crippen molar-refractivity contribution in [2.45, 2.75) is 12.5 Å². The molecule has 4 heteroatoms. The lowest BCUT2D eigenvalue weighted by Crippen LogP contribution is -2.17. The molecule has 0 spiro atoms. The minimum absolute atomic E-state index is 0.00261. The zero-order valence-corrected chi connectivity index (χ0v) is 8.27. The second-order valence-corrected chi connectivity index (χ2v) is 3.76. The van der Waals surface area contributed by atoms with Crippen LogP contribution in [-0.4, -0.2) is 17.8 Å². The number of aliphatic hydroxyl groups is 1. The second-order valence-electron chi connectivity index (χ2n) is 2.98. The van der Waals surface area contributed by atoms with Crippen molar-refractivity contribution in [1.29, 1.82) is 0 Å². The summed E-state index contributed by atoms with van der Waals surface area (Å²) in [6, 6.07) is 3.62. The molecule has 1 atom stereocenters. The number of fused-ring (bicyclic) bond motifs is 1. The van der Waals surface area contributed by atoms with Gasteiger partial charge in [0.25, 0.3) is 0 Å². The number of rotatable bonds is 1. The van der Waals surface area contributed by atoms with Gasteiger partial charge in [-0.05, 0) is 11.6 Å². The van der Waals surface area contributed by atoms with Crippen molar-refractivity contribution in [1.82, 2.24) is 0 Å². The monoisotopic (exact) mass is 218 g/mol. The van der Waals surface area contributed by atoms with Crippen LogP contribution in [0.1, 0.15) is 5.56 Å². The summed E-state index contributed by atoms with van der Waals surface area (Å²) in [7, 11) is 0. The SMILES string of the molecule is OC[C@@H]1Cc2ccc(Cl)c(Cl)c2O1. The van der Waals surface area contributed by atoms with Crippen LogP contribution in [-0.2, 0) is 6.42 Å². The largest absolute Gasteiger partial charge is 0.486 e. The van der Waals surface area contributed by atoms with E-state index in [1.54, 1.807) is 6.07 Å². The summed E-state index contributed by atoms with van der Waals surface area (Å²) in [6.07, 6.45) is 0.522. The molecule has 1 aliphatic rings. The zero-order valence-electron chi connectivity index (χ0n) is 6.76. The maximum Gasteiger partial charge on any atom is 0.143 e. The molecule has 0 radical (unpaired) electrons. The van der Waals surface area contributed by atoms with E-state index in [0.717, 1.165) is 5.56 Å². The van der Waals surface area contributed by atoms with Gasteiger partial charge in [0.1, 0.15) is 16.9 Å². The highest BCUT2D eigenvalue weighted by Crippen LogP contribution is 2.39. The second kappa shape index (κ2) is 3.37. The first-order valence-electron chi connectivity index (χ1n) is 3.96. The highest BCUT2D eigenvalue weighted by atomic mass is 35.5. The van der Waals surface area contributed by atoms with Crippen LogP contribution in [0.25, 0.3) is 0 Å². The normalized spacial score (nSPS) is 19.8. The van der Waals surface area contributed by atoms with Crippen LogP contribution in [0.5, 0.6) is 5.75 Å². The molecule has 1 heterocycles. The molecule has 1 aromatic rings. The van der Waals surface area contributed by atoms with Crippen LogP contribution in [0.4, 0.5) is 0 Å². The van der Waals surface area contributed by atoms with Gasteiger partial charge >= 0.3 is 0 Å². The van der Waals surface area contributed by atoms with Crippen LogP contribution < -0.4 is 4.74 Å². The van der Waals surface area contributed by atoms with Gasteiger partial charge in [-0.25, -0.2) is 0 Å². The van der Waals surface area contributed by atoms with Crippen molar-refractivity contribution < 1.29 is 9.84 Å². The fourth-order valence-electron chi connectivity index (χ4n) is 1.42. The number of ether oxygens (including phenoxy) is 1. The van der Waals surface area contributed by atoms with E-state index < -0.39 is 0 Å². The number of hydrogen-bond acceptors (Lipinski definition) is 2. The van der Waals surface area contributed by atoms with E-state index in [2.05, 4.69) is 0 Å². The number of benzene rings is 1. The molecule has 0 fully saturated rings. The Morgan fingerprint density at radius 1 is 1.46 bits per heavy atom. The third-order valence-electron chi connectivity index (χ3n) is 2.07. The molecule has 13 heavy (non-hydrogen) atoms. The highest BCUT2D eigenvalue weighted by Gasteiger charge is 2.25. The minimum atomic E-state index is -0.175. The molecule has 1 aromatic carbocycles. The Labute approximate surface area is 86.0 Å². The predicted octanol–water partition coefficient (Wildman–Crippen LogP) is 2.29. The Balaban J connectivity index is 2.40. The molecule has 2 rings (SSSR count). The van der Waals surface area contributed by atoms with E-state index in [-0.39, 0.29) is 12.7 Å². The van der Waals surface area contributed by atoms with Gasteiger partial charge in [-0.15, -0.1) is 0 Å². The summed E-state index contributed by atoms with van der Waals surface area (Å²) < 4.78 is 5.40. The Morgan fingerprint density at radius 3 is 2.92 bits per heavy atom. The zero-order chi connectivity index (χ0) is 9.42. The molecule has 1 N–H and O–H groups in total. The summed E-state index contributed by atoms with van der Waals surface area (Å²) >= 11 is 11.7. The third kappa shape index (κ3) is 1.50. The Hall–Kier alpha value is -0.440. The lowest BCUT2D eigenvalue weighted by atomic mass is 10.1. The molecule has 0 bridgehead atoms. The van der Waals surface area contributed by atoms with Gasteiger partial charge in [0.05, 0.1) is 11.6 Å². The Bertz CT molecular complexity index is 339. The van der Waals surface area contributed by atoms with E-state index in [0.29, 0.717) is 22.2 Å². The summed E-state index contributed by atoms with van der Waals surface area (Å²) in [5.41, 5.74) is 1.01. The van der Waals surface area contributed by atoms with E-state index in [4.69, 9.17) is 33.0 Å². The smallest absolute Gasteiger partial charge is 0.143 e. The quantitative estimate of drug-likeness (QED) is 0.785. The molecule has 0 aliphatic carbocycles. The predicted molar refractivity (Wildman–Crippen MR) is 51.7 cm³/mol. The van der Waals surface area contributed by atoms with Crippen LogP contribution in [0.2, 0.25) is 10.0 Å². The van der Waals surface area contributed by atoms with Gasteiger partial charge in [-0.1, -0.05) is 29.3 Å². The average molecular weight is 219 g/mol. The van der Waals surface area contributed by atoms with Crippen molar-refractivity contribution in [2.24, 2.45) is 0 Å². The summed E-state index contributed by atoms with van der Waals surface area (Å²) in [4.78, 5) is 0. The van der Waals surface area contributed by atoms with E-state index in [9.17, 15) is 0 Å². The molecule has 0 aromatic heterocycles. The topological polar surface area (TPSA) is 29.5 Å². The fourth-order valence-corrected chi connectivity index (χ4v) is 1.79. The van der Waals surface area contributed by atoms with Crippen molar-refractivity contribution >= 4 is 23.2 Å². The molecule has 0 saturated carbocycles. The van der Waals surface area contributed by atoms with Crippen LogP contribution >= 0.6 is 23.2 Å². The fraction of sp³-hybridized carbons (Fsp3) is 0.333. The van der Waals surface area contributed by atoms with Crippen LogP contribution in [0.15, 0.2) is 12.1 Å². The Kier molecular flexibility index (Phi) is 2.37. The van der Waals surface area contributed by atoms with Crippen molar-refractivity contribution in [2.75, 3.05) is 6.61 Å². The Morgan fingerprint density at radius 2 is 2.23 bits per heavy atom. The minimum Gasteiger partial charge on any atom is -0.486 e. The van der Waals surface area contributed by atoms with Crippen molar-refractivity contribution in [3.05, 3.63) is 27.7 Å². The summed E-state index contributed by atoms with van der Waals surface area (Å²) in [6.45, 7) is 0.00261. The van der Waals surface area contributed by atoms with Crippen LogP contribution in [0, 0.1) is 0 Å². The van der Waals surface area contributed by atoms with Gasteiger partial charge in [0.15, 0.2) is 0 Å². The van der Waals surface area contributed by atoms with Crippen LogP contribution in [0.3, 0.4) is 0 Å². The molecular weight excluding hydrogens is 211 g/mol. The van der Waals surface area contributed by atoms with Crippen molar-refractivity contribution in [3.8, 4) is 5.75 Å². The highest BCUT2D eigenvalue weighted by molar-refractivity contribution is 6.43.